The molecule has 5 heteroatoms. The van der Waals surface area contributed by atoms with E-state index in [0.717, 1.165) is 12.8 Å². The molecule has 1 spiro atoms. The maximum Gasteiger partial charge on any atom is 0.170 e. The van der Waals surface area contributed by atoms with Crippen LogP contribution in [-0.2, 0) is 9.59 Å². The van der Waals surface area contributed by atoms with Crippen LogP contribution in [0.3, 0.4) is 0 Å². The van der Waals surface area contributed by atoms with Crippen molar-refractivity contribution >= 4 is 11.6 Å². The number of carbonyl (C=O) groups is 2. The van der Waals surface area contributed by atoms with Gasteiger partial charge in [-0.05, 0) is 36.2 Å². The van der Waals surface area contributed by atoms with Gasteiger partial charge in [0.15, 0.2) is 5.78 Å². The van der Waals surface area contributed by atoms with E-state index in [1.807, 2.05) is 0 Å². The fraction of sp³-hybridized carbons (Fsp3) is 0.800. The second-order valence-electron chi connectivity index (χ2n) is 9.48. The first-order chi connectivity index (χ1) is 11.6. The van der Waals surface area contributed by atoms with Crippen molar-refractivity contribution in [2.24, 2.45) is 34.0 Å². The number of hydrogen-bond acceptors (Lipinski definition) is 5. The normalized spacial score (nSPS) is 51.2. The van der Waals surface area contributed by atoms with E-state index in [0.29, 0.717) is 12.8 Å². The van der Waals surface area contributed by atoms with Crippen LogP contribution in [0.4, 0.5) is 0 Å². The molecule has 4 saturated carbocycles. The molecule has 3 N–H and O–H groups in total. The third-order valence-corrected chi connectivity index (χ3v) is 8.20. The Morgan fingerprint density at radius 3 is 2.52 bits per heavy atom. The zero-order chi connectivity index (χ0) is 18.4. The molecule has 0 aromatic carbocycles. The highest BCUT2D eigenvalue weighted by Gasteiger charge is 2.76. The van der Waals surface area contributed by atoms with Crippen molar-refractivity contribution in [3.05, 3.63) is 12.2 Å². The van der Waals surface area contributed by atoms with Crippen molar-refractivity contribution in [2.45, 2.75) is 58.2 Å². The Hall–Kier alpha value is -1.04. The van der Waals surface area contributed by atoms with Gasteiger partial charge < -0.3 is 15.3 Å². The number of aliphatic hydroxyl groups is 3. The predicted octanol–water partition coefficient (Wildman–Crippen LogP) is 1.25. The molecule has 0 radical (unpaired) electrons. The smallest absolute Gasteiger partial charge is 0.170 e. The molecule has 0 aliphatic heterocycles. The number of rotatable bonds is 1. The molecule has 5 nitrogen and oxygen atoms in total. The Morgan fingerprint density at radius 1 is 1.20 bits per heavy atom. The lowest BCUT2D eigenvalue weighted by Crippen LogP contribution is -2.70. The molecule has 2 bridgehead atoms. The van der Waals surface area contributed by atoms with Crippen LogP contribution in [0.25, 0.3) is 0 Å². The van der Waals surface area contributed by atoms with E-state index in [9.17, 15) is 24.9 Å². The van der Waals surface area contributed by atoms with Crippen LogP contribution in [0, 0.1) is 34.0 Å². The minimum absolute atomic E-state index is 0.0567. The summed E-state index contributed by atoms with van der Waals surface area (Å²) in [7, 11) is 0. The SMILES string of the molecule is C=C1C(=O)[C@]23[C@H](O)C[C@@H]4C(C)(C)CCC[C@@]4(CO)[C@@H]2C(=O)C[C@@H]1[C@@H]3O. The number of aliphatic hydroxyl groups excluding tert-OH is 3. The van der Waals surface area contributed by atoms with E-state index in [2.05, 4.69) is 20.4 Å². The summed E-state index contributed by atoms with van der Waals surface area (Å²) in [6.45, 7) is 7.88. The van der Waals surface area contributed by atoms with Crippen molar-refractivity contribution in [3.63, 3.8) is 0 Å². The molecule has 0 amide bonds. The fourth-order valence-corrected chi connectivity index (χ4v) is 7.18. The molecule has 4 rings (SSSR count). The van der Waals surface area contributed by atoms with Crippen LogP contribution >= 0.6 is 0 Å². The summed E-state index contributed by atoms with van der Waals surface area (Å²) in [5.41, 5.74) is -2.12. The van der Waals surface area contributed by atoms with Crippen molar-refractivity contribution in [3.8, 4) is 0 Å². The molecule has 0 aromatic rings. The van der Waals surface area contributed by atoms with Crippen molar-refractivity contribution < 1.29 is 24.9 Å². The summed E-state index contributed by atoms with van der Waals surface area (Å²) >= 11 is 0. The van der Waals surface area contributed by atoms with Gasteiger partial charge >= 0.3 is 0 Å². The van der Waals surface area contributed by atoms with E-state index in [1.54, 1.807) is 0 Å². The van der Waals surface area contributed by atoms with E-state index in [4.69, 9.17) is 0 Å². The van der Waals surface area contributed by atoms with E-state index < -0.39 is 34.9 Å². The zero-order valence-corrected chi connectivity index (χ0v) is 15.0. The second-order valence-corrected chi connectivity index (χ2v) is 9.48. The van der Waals surface area contributed by atoms with Gasteiger partial charge in [0.25, 0.3) is 0 Å². The first-order valence-electron chi connectivity index (χ1n) is 9.38. The Balaban J connectivity index is 1.96. The second kappa shape index (κ2) is 5.02. The molecule has 0 aromatic heterocycles. The third kappa shape index (κ3) is 1.75. The standard InChI is InChI=1S/C20H28O5/c1-10-11-7-12(22)15-19(9-21)6-4-5-18(2,3)13(19)8-14(23)20(15,16(10)24)17(11)25/h11,13-15,17,21,23,25H,1,4-9H2,2-3H3/t11-,13+,14+,15-,17-,19-,20-/m0/s1. The van der Waals surface area contributed by atoms with Gasteiger partial charge in [0.2, 0.25) is 0 Å². The van der Waals surface area contributed by atoms with Crippen molar-refractivity contribution in [1.82, 2.24) is 0 Å². The minimum atomic E-state index is -1.51. The number of fused-ring (bicyclic) bond motifs is 3. The summed E-state index contributed by atoms with van der Waals surface area (Å²) < 4.78 is 0. The van der Waals surface area contributed by atoms with Crippen LogP contribution in [0.15, 0.2) is 12.2 Å². The number of ketones is 2. The van der Waals surface area contributed by atoms with Gasteiger partial charge in [-0.2, -0.15) is 0 Å². The molecule has 138 valence electrons. The van der Waals surface area contributed by atoms with Crippen LogP contribution in [0.2, 0.25) is 0 Å². The Labute approximate surface area is 148 Å². The van der Waals surface area contributed by atoms with E-state index in [-0.39, 0.29) is 41.5 Å². The van der Waals surface area contributed by atoms with Gasteiger partial charge in [-0.3, -0.25) is 9.59 Å². The van der Waals surface area contributed by atoms with Gasteiger partial charge in [0, 0.05) is 30.3 Å². The summed E-state index contributed by atoms with van der Waals surface area (Å²) in [5.74, 6) is -1.93. The first-order valence-corrected chi connectivity index (χ1v) is 9.38. The van der Waals surface area contributed by atoms with Crippen LogP contribution in [-0.4, -0.2) is 45.7 Å². The number of hydrogen-bond donors (Lipinski definition) is 3. The zero-order valence-electron chi connectivity index (χ0n) is 15.0. The average molecular weight is 348 g/mol. The highest BCUT2D eigenvalue weighted by atomic mass is 16.3. The molecule has 25 heavy (non-hydrogen) atoms. The van der Waals surface area contributed by atoms with Gasteiger partial charge in [-0.1, -0.05) is 26.8 Å². The lowest BCUT2D eigenvalue weighted by atomic mass is 9.39. The summed E-state index contributed by atoms with van der Waals surface area (Å²) in [6, 6.07) is 0. The molecule has 0 unspecified atom stereocenters. The highest BCUT2D eigenvalue weighted by Crippen LogP contribution is 2.70. The lowest BCUT2D eigenvalue weighted by molar-refractivity contribution is -0.232. The van der Waals surface area contributed by atoms with Crippen LogP contribution in [0.5, 0.6) is 0 Å². The fourth-order valence-electron chi connectivity index (χ4n) is 7.18. The minimum Gasteiger partial charge on any atom is -0.396 e. The van der Waals surface area contributed by atoms with E-state index >= 15 is 0 Å². The summed E-state index contributed by atoms with van der Waals surface area (Å²) in [5, 5.41) is 32.5. The predicted molar refractivity (Wildman–Crippen MR) is 90.5 cm³/mol. The van der Waals surface area contributed by atoms with Crippen LogP contribution in [0.1, 0.15) is 46.0 Å². The molecular weight excluding hydrogens is 320 g/mol. The molecular formula is C20H28O5. The Bertz CT molecular complexity index is 667. The monoisotopic (exact) mass is 348 g/mol. The molecule has 4 aliphatic rings. The third-order valence-electron chi connectivity index (χ3n) is 8.20. The summed E-state index contributed by atoms with van der Waals surface area (Å²) in [4.78, 5) is 26.3. The molecule has 4 fully saturated rings. The van der Waals surface area contributed by atoms with E-state index in [1.165, 1.54) is 0 Å². The van der Waals surface area contributed by atoms with Gasteiger partial charge in [-0.25, -0.2) is 0 Å². The van der Waals surface area contributed by atoms with Crippen molar-refractivity contribution in [1.29, 1.82) is 0 Å². The quantitative estimate of drug-likeness (QED) is 0.620. The maximum atomic E-state index is 13.2. The maximum absolute atomic E-state index is 13.2. The topological polar surface area (TPSA) is 94.8 Å². The largest absolute Gasteiger partial charge is 0.396 e. The lowest BCUT2D eigenvalue weighted by Gasteiger charge is -2.64. The highest BCUT2D eigenvalue weighted by molar-refractivity contribution is 6.09. The van der Waals surface area contributed by atoms with Gasteiger partial charge in [-0.15, -0.1) is 0 Å². The summed E-state index contributed by atoms with van der Waals surface area (Å²) in [6.07, 6.45) is 0.743. The Morgan fingerprint density at radius 2 is 1.88 bits per heavy atom. The molecule has 7 atom stereocenters. The Kier molecular flexibility index (Phi) is 3.49. The van der Waals surface area contributed by atoms with Gasteiger partial charge in [0.1, 0.15) is 5.78 Å². The molecule has 0 saturated heterocycles. The molecule has 0 heterocycles. The van der Waals surface area contributed by atoms with Crippen molar-refractivity contribution in [2.75, 3.05) is 6.61 Å². The number of carbonyl (C=O) groups excluding carboxylic acids is 2. The van der Waals surface area contributed by atoms with Gasteiger partial charge in [0.05, 0.1) is 17.6 Å². The first kappa shape index (κ1) is 17.4. The molecule has 4 aliphatic carbocycles. The van der Waals surface area contributed by atoms with Crippen LogP contribution < -0.4 is 0 Å². The number of Topliss-reactive ketones (excluding diaryl/α,β-unsaturated/α-hetero) is 2. The average Bonchev–Trinajstić information content (AvgIpc) is 2.67.